The molecular formula is C23H20F3N3. The van der Waals surface area contributed by atoms with Crippen LogP contribution in [0.4, 0.5) is 13.2 Å². The molecule has 2 unspecified atom stereocenters. The van der Waals surface area contributed by atoms with Crippen molar-refractivity contribution in [1.82, 2.24) is 10.6 Å². The van der Waals surface area contributed by atoms with Crippen molar-refractivity contribution in [2.24, 2.45) is 4.99 Å². The summed E-state index contributed by atoms with van der Waals surface area (Å²) in [6, 6.07) is 18.4. The molecule has 0 spiro atoms. The first kappa shape index (κ1) is 19.1. The molecule has 1 aliphatic heterocycles. The van der Waals surface area contributed by atoms with Gasteiger partial charge in [0.05, 0.1) is 6.04 Å². The highest BCUT2D eigenvalue weighted by Crippen LogP contribution is 2.41. The lowest BCUT2D eigenvalue weighted by Gasteiger charge is -2.29. The maximum Gasteiger partial charge on any atom is 0.193 e. The van der Waals surface area contributed by atoms with Crippen LogP contribution in [-0.2, 0) is 12.1 Å². The van der Waals surface area contributed by atoms with Gasteiger partial charge in [-0.2, -0.15) is 0 Å². The van der Waals surface area contributed by atoms with E-state index in [2.05, 4.69) is 10.6 Å². The number of rotatable bonds is 4. The number of aliphatic imine (C=N–C) groups is 1. The van der Waals surface area contributed by atoms with Gasteiger partial charge < -0.3 is 10.6 Å². The lowest BCUT2D eigenvalue weighted by Crippen LogP contribution is -2.37. The Labute approximate surface area is 167 Å². The van der Waals surface area contributed by atoms with E-state index in [-0.39, 0.29) is 23.5 Å². The van der Waals surface area contributed by atoms with Crippen LogP contribution < -0.4 is 10.6 Å². The lowest BCUT2D eigenvalue weighted by molar-refractivity contribution is 0.404. The maximum atomic E-state index is 13.4. The fourth-order valence-electron chi connectivity index (χ4n) is 3.57. The molecule has 2 atom stereocenters. The second-order valence-electron chi connectivity index (χ2n) is 7.22. The summed E-state index contributed by atoms with van der Waals surface area (Å²) in [5.74, 6) is -0.355. The average Bonchev–Trinajstić information content (AvgIpc) is 3.06. The fourth-order valence-corrected chi connectivity index (χ4v) is 3.57. The van der Waals surface area contributed by atoms with Crippen molar-refractivity contribution < 1.29 is 13.2 Å². The molecule has 0 aliphatic carbocycles. The van der Waals surface area contributed by atoms with Gasteiger partial charge >= 0.3 is 0 Å². The van der Waals surface area contributed by atoms with Gasteiger partial charge in [0.15, 0.2) is 5.96 Å². The Hall–Kier alpha value is -3.28. The van der Waals surface area contributed by atoms with Gasteiger partial charge in [-0.05, 0) is 60.0 Å². The Morgan fingerprint density at radius 3 is 1.93 bits per heavy atom. The Balaban J connectivity index is 1.63. The van der Waals surface area contributed by atoms with E-state index in [9.17, 15) is 13.2 Å². The van der Waals surface area contributed by atoms with E-state index < -0.39 is 5.54 Å². The summed E-state index contributed by atoms with van der Waals surface area (Å²) in [6.45, 7) is 2.41. The van der Waals surface area contributed by atoms with Crippen LogP contribution in [0.5, 0.6) is 0 Å². The van der Waals surface area contributed by atoms with Crippen LogP contribution in [-0.4, -0.2) is 5.96 Å². The number of nitrogens with one attached hydrogen (secondary N) is 2. The van der Waals surface area contributed by atoms with Crippen molar-refractivity contribution in [2.75, 3.05) is 0 Å². The van der Waals surface area contributed by atoms with Gasteiger partial charge in [0, 0.05) is 6.54 Å². The summed E-state index contributed by atoms with van der Waals surface area (Å²) in [6.07, 6.45) is 0. The maximum absolute atomic E-state index is 13.4. The highest BCUT2D eigenvalue weighted by Gasteiger charge is 2.42. The average molecular weight is 395 g/mol. The Kier molecular flexibility index (Phi) is 5.01. The van der Waals surface area contributed by atoms with Gasteiger partial charge in [-0.3, -0.25) is 0 Å². The first-order valence-corrected chi connectivity index (χ1v) is 9.30. The number of hydrogen-bond acceptors (Lipinski definition) is 3. The van der Waals surface area contributed by atoms with Gasteiger partial charge in [0.1, 0.15) is 23.0 Å². The minimum atomic E-state index is -0.726. The molecule has 3 aromatic carbocycles. The molecule has 0 amide bonds. The third kappa shape index (κ3) is 3.97. The topological polar surface area (TPSA) is 36.4 Å². The lowest BCUT2D eigenvalue weighted by atomic mass is 9.82. The quantitative estimate of drug-likeness (QED) is 0.665. The smallest absolute Gasteiger partial charge is 0.193 e. The molecular weight excluding hydrogens is 375 g/mol. The summed E-state index contributed by atoms with van der Waals surface area (Å²) in [5.41, 5.74) is 1.88. The largest absolute Gasteiger partial charge is 0.352 e. The van der Waals surface area contributed by atoms with Gasteiger partial charge in [-0.25, -0.2) is 18.2 Å². The van der Waals surface area contributed by atoms with Crippen LogP contribution in [0.1, 0.15) is 29.7 Å². The minimum Gasteiger partial charge on any atom is -0.352 e. The molecule has 0 radical (unpaired) electrons. The number of halogens is 3. The van der Waals surface area contributed by atoms with E-state index in [1.807, 2.05) is 6.92 Å². The predicted octanol–water partition coefficient (Wildman–Crippen LogP) is 4.81. The zero-order chi connectivity index (χ0) is 20.4. The van der Waals surface area contributed by atoms with Crippen molar-refractivity contribution in [3.8, 4) is 0 Å². The molecule has 3 aromatic rings. The summed E-state index contributed by atoms with van der Waals surface area (Å²) in [5, 5.41) is 6.59. The fraction of sp³-hybridized carbons (Fsp3) is 0.174. The Bertz CT molecular complexity index is 1010. The summed E-state index contributed by atoms with van der Waals surface area (Å²) >= 11 is 0. The standard InChI is InChI=1S/C23H20F3N3/c1-23(17-6-12-20(26)13-7-17)21(16-4-10-19(25)11-5-16)28-22(29-23)27-14-15-2-8-18(24)9-3-15/h2-13,21H,14H2,1H3,(H2,27,28,29). The molecule has 0 aromatic heterocycles. The van der Waals surface area contributed by atoms with E-state index in [4.69, 9.17) is 4.99 Å². The van der Waals surface area contributed by atoms with E-state index >= 15 is 0 Å². The van der Waals surface area contributed by atoms with Gasteiger partial charge in [-0.1, -0.05) is 36.4 Å². The molecule has 0 saturated carbocycles. The number of nitrogens with zero attached hydrogens (tertiary/aromatic N) is 1. The third-order valence-electron chi connectivity index (χ3n) is 5.19. The van der Waals surface area contributed by atoms with Crippen LogP contribution in [0.2, 0.25) is 0 Å². The zero-order valence-corrected chi connectivity index (χ0v) is 15.8. The SMILES string of the molecule is CC1(c2ccc(F)cc2)N=C(NCc2ccc(F)cc2)NC1c1ccc(F)cc1. The van der Waals surface area contributed by atoms with Crippen molar-refractivity contribution in [3.63, 3.8) is 0 Å². The second kappa shape index (κ2) is 7.62. The van der Waals surface area contributed by atoms with Crippen molar-refractivity contribution in [3.05, 3.63) is 107 Å². The molecule has 1 heterocycles. The van der Waals surface area contributed by atoms with Crippen molar-refractivity contribution in [1.29, 1.82) is 0 Å². The summed E-state index contributed by atoms with van der Waals surface area (Å²) < 4.78 is 40.0. The molecule has 148 valence electrons. The monoisotopic (exact) mass is 395 g/mol. The summed E-state index contributed by atoms with van der Waals surface area (Å²) in [7, 11) is 0. The molecule has 2 N–H and O–H groups in total. The summed E-state index contributed by atoms with van der Waals surface area (Å²) in [4.78, 5) is 4.84. The van der Waals surface area contributed by atoms with E-state index in [1.165, 1.54) is 36.4 Å². The van der Waals surface area contributed by atoms with Crippen LogP contribution in [0.3, 0.4) is 0 Å². The Morgan fingerprint density at radius 2 is 1.34 bits per heavy atom. The third-order valence-corrected chi connectivity index (χ3v) is 5.19. The molecule has 1 aliphatic rings. The van der Waals surface area contributed by atoms with E-state index in [0.29, 0.717) is 12.5 Å². The molecule has 0 bridgehead atoms. The second-order valence-corrected chi connectivity index (χ2v) is 7.22. The first-order valence-electron chi connectivity index (χ1n) is 9.30. The molecule has 0 fully saturated rings. The number of guanidine groups is 1. The van der Waals surface area contributed by atoms with Crippen LogP contribution in [0, 0.1) is 17.5 Å². The number of hydrogen-bond donors (Lipinski definition) is 2. The zero-order valence-electron chi connectivity index (χ0n) is 15.8. The molecule has 29 heavy (non-hydrogen) atoms. The van der Waals surface area contributed by atoms with Crippen LogP contribution in [0.25, 0.3) is 0 Å². The van der Waals surface area contributed by atoms with Crippen LogP contribution >= 0.6 is 0 Å². The highest BCUT2D eigenvalue weighted by molar-refractivity contribution is 5.83. The van der Waals surface area contributed by atoms with Gasteiger partial charge in [0.2, 0.25) is 0 Å². The first-order chi connectivity index (χ1) is 13.9. The predicted molar refractivity (Wildman–Crippen MR) is 107 cm³/mol. The highest BCUT2D eigenvalue weighted by atomic mass is 19.1. The molecule has 4 rings (SSSR count). The normalized spacial score (nSPS) is 20.8. The van der Waals surface area contributed by atoms with Crippen molar-refractivity contribution >= 4 is 5.96 Å². The molecule has 6 heteroatoms. The number of benzene rings is 3. The molecule has 0 saturated heterocycles. The van der Waals surface area contributed by atoms with Crippen LogP contribution in [0.15, 0.2) is 77.8 Å². The van der Waals surface area contributed by atoms with Crippen molar-refractivity contribution in [2.45, 2.75) is 25.0 Å². The van der Waals surface area contributed by atoms with Gasteiger partial charge in [0.25, 0.3) is 0 Å². The van der Waals surface area contributed by atoms with E-state index in [0.717, 1.165) is 16.7 Å². The van der Waals surface area contributed by atoms with Gasteiger partial charge in [-0.15, -0.1) is 0 Å². The Morgan fingerprint density at radius 1 is 0.828 bits per heavy atom. The molecule has 3 nitrogen and oxygen atoms in total. The van der Waals surface area contributed by atoms with E-state index in [1.54, 1.807) is 36.4 Å². The minimum absolute atomic E-state index is 0.274.